The Labute approximate surface area is 241 Å². The molecule has 1 aromatic carbocycles. The van der Waals surface area contributed by atoms with Crippen molar-refractivity contribution in [3.05, 3.63) is 53.3 Å². The lowest BCUT2D eigenvalue weighted by Crippen LogP contribution is -2.35. The third kappa shape index (κ3) is 6.88. The number of aryl methyl sites for hydroxylation is 2. The van der Waals surface area contributed by atoms with Gasteiger partial charge in [0.2, 0.25) is 5.88 Å². The second-order valence-electron chi connectivity index (χ2n) is 11.2. The number of likely N-dealkylation sites (N-methyl/N-ethyl adjacent to an activating group) is 1. The molecule has 2 N–H and O–H groups in total. The topological polar surface area (TPSA) is 122 Å². The highest BCUT2D eigenvalue weighted by atomic mass is 32.2. The SMILES string of the molecule is Cc1cc2c(c(NC(=O)NS(=O)(=O)c3ccn(CCN(C)C)n3)c1-c1ccnc(OC3CCN(C)CC3)c1)CCC2. The smallest absolute Gasteiger partial charge is 0.333 e. The summed E-state index contributed by atoms with van der Waals surface area (Å²) >= 11 is 0. The number of piperidine rings is 1. The van der Waals surface area contributed by atoms with Crippen LogP contribution in [0.5, 0.6) is 5.88 Å². The van der Waals surface area contributed by atoms with E-state index in [9.17, 15) is 13.2 Å². The van der Waals surface area contributed by atoms with E-state index >= 15 is 0 Å². The predicted octanol–water partition coefficient (Wildman–Crippen LogP) is 3.29. The van der Waals surface area contributed by atoms with E-state index in [1.807, 2.05) is 38.1 Å². The second kappa shape index (κ2) is 12.2. The van der Waals surface area contributed by atoms with Gasteiger partial charge in [-0.3, -0.25) is 4.68 Å². The van der Waals surface area contributed by atoms with Crippen molar-refractivity contribution in [3.63, 3.8) is 0 Å². The molecule has 41 heavy (non-hydrogen) atoms. The lowest BCUT2D eigenvalue weighted by molar-refractivity contribution is 0.110. The van der Waals surface area contributed by atoms with Crippen LogP contribution in [-0.4, -0.2) is 85.9 Å². The van der Waals surface area contributed by atoms with E-state index in [2.05, 4.69) is 38.1 Å². The molecule has 11 nitrogen and oxygen atoms in total. The fourth-order valence-corrected chi connectivity index (χ4v) is 6.39. The van der Waals surface area contributed by atoms with Crippen LogP contribution in [0, 0.1) is 6.92 Å². The molecule has 3 aromatic rings. The number of carbonyl (C=O) groups excluding carboxylic acids is 1. The number of fused-ring (bicyclic) bond motifs is 1. The van der Waals surface area contributed by atoms with Gasteiger partial charge in [0.25, 0.3) is 10.0 Å². The van der Waals surface area contributed by atoms with E-state index in [0.717, 1.165) is 67.4 Å². The zero-order chi connectivity index (χ0) is 29.1. The summed E-state index contributed by atoms with van der Waals surface area (Å²) in [6, 6.07) is 6.53. The maximum atomic E-state index is 13.2. The summed E-state index contributed by atoms with van der Waals surface area (Å²) < 4.78 is 36.0. The number of carbonyl (C=O) groups is 1. The average Bonchev–Trinajstić information content (AvgIpc) is 3.59. The van der Waals surface area contributed by atoms with Crippen molar-refractivity contribution in [2.45, 2.75) is 56.7 Å². The van der Waals surface area contributed by atoms with E-state index in [1.165, 1.54) is 11.6 Å². The number of nitrogens with one attached hydrogen (secondary N) is 2. The lowest BCUT2D eigenvalue weighted by Gasteiger charge is -2.29. The summed E-state index contributed by atoms with van der Waals surface area (Å²) in [6.45, 7) is 5.21. The van der Waals surface area contributed by atoms with Crippen molar-refractivity contribution in [3.8, 4) is 17.0 Å². The molecule has 3 heterocycles. The monoisotopic (exact) mass is 581 g/mol. The second-order valence-corrected chi connectivity index (χ2v) is 12.8. The number of benzene rings is 1. The zero-order valence-electron chi connectivity index (χ0n) is 24.2. The van der Waals surface area contributed by atoms with Gasteiger partial charge in [0.15, 0.2) is 5.03 Å². The molecule has 5 rings (SSSR count). The Morgan fingerprint density at radius 1 is 1.17 bits per heavy atom. The number of anilines is 1. The zero-order valence-corrected chi connectivity index (χ0v) is 25.0. The van der Waals surface area contributed by atoms with Crippen molar-refractivity contribution in [1.29, 1.82) is 0 Å². The first-order chi connectivity index (χ1) is 19.6. The highest BCUT2D eigenvalue weighted by Crippen LogP contribution is 2.41. The Kier molecular flexibility index (Phi) is 8.62. The molecule has 1 fully saturated rings. The Morgan fingerprint density at radius 3 is 2.71 bits per heavy atom. The van der Waals surface area contributed by atoms with Crippen molar-refractivity contribution in [2.75, 3.05) is 46.1 Å². The number of nitrogens with zero attached hydrogens (tertiary/aromatic N) is 5. The number of amides is 2. The van der Waals surface area contributed by atoms with Gasteiger partial charge in [-0.1, -0.05) is 6.07 Å². The van der Waals surface area contributed by atoms with Crippen LogP contribution in [0.1, 0.15) is 36.0 Å². The van der Waals surface area contributed by atoms with Crippen LogP contribution in [0.15, 0.2) is 41.7 Å². The number of sulfonamides is 1. The molecule has 2 aromatic heterocycles. The molecule has 0 spiro atoms. The van der Waals surface area contributed by atoms with Gasteiger partial charge in [-0.05, 0) is 94.6 Å². The molecule has 2 aliphatic rings. The summed E-state index contributed by atoms with van der Waals surface area (Å²) in [5.74, 6) is 0.541. The van der Waals surface area contributed by atoms with Gasteiger partial charge in [-0.2, -0.15) is 13.5 Å². The number of pyridine rings is 1. The average molecular weight is 582 g/mol. The highest BCUT2D eigenvalue weighted by Gasteiger charge is 2.26. The maximum absolute atomic E-state index is 13.2. The van der Waals surface area contributed by atoms with Crippen LogP contribution >= 0.6 is 0 Å². The minimum absolute atomic E-state index is 0.106. The predicted molar refractivity (Wildman–Crippen MR) is 158 cm³/mol. The molecule has 1 aliphatic heterocycles. The minimum atomic E-state index is -4.17. The minimum Gasteiger partial charge on any atom is -0.474 e. The Bertz CT molecular complexity index is 1510. The molecule has 0 radical (unpaired) electrons. The third-order valence-electron chi connectivity index (χ3n) is 7.71. The van der Waals surface area contributed by atoms with Crippen molar-refractivity contribution >= 4 is 21.7 Å². The van der Waals surface area contributed by atoms with E-state index in [4.69, 9.17) is 4.74 Å². The molecule has 1 aliphatic carbocycles. The van der Waals surface area contributed by atoms with Crippen LogP contribution in [-0.2, 0) is 29.4 Å². The summed E-state index contributed by atoms with van der Waals surface area (Å²) in [5, 5.41) is 6.84. The maximum Gasteiger partial charge on any atom is 0.333 e. The van der Waals surface area contributed by atoms with E-state index in [-0.39, 0.29) is 11.1 Å². The Morgan fingerprint density at radius 2 is 1.95 bits per heavy atom. The third-order valence-corrected chi connectivity index (χ3v) is 8.93. The normalized spacial score (nSPS) is 16.1. The standard InChI is InChI=1S/C29H39N7O4S/c1-20-18-21-6-5-7-24(21)28(27(20)22-8-12-30-25(19-22)40-23-9-13-35(4)14-10-23)31-29(37)33-41(38,39)26-11-15-36(32-26)17-16-34(2)3/h8,11-12,15,18-19,23H,5-7,9-10,13-14,16-17H2,1-4H3,(H2,31,33,37). The van der Waals surface area contributed by atoms with Gasteiger partial charge >= 0.3 is 6.03 Å². The molecular weight excluding hydrogens is 542 g/mol. The van der Waals surface area contributed by atoms with Crippen molar-refractivity contribution in [1.82, 2.24) is 29.3 Å². The molecule has 0 unspecified atom stereocenters. The van der Waals surface area contributed by atoms with Crippen molar-refractivity contribution < 1.29 is 17.9 Å². The molecule has 0 saturated carbocycles. The Hall–Kier alpha value is -3.48. The molecule has 0 atom stereocenters. The Balaban J connectivity index is 1.38. The fourth-order valence-electron chi connectivity index (χ4n) is 5.53. The number of rotatable bonds is 9. The number of ether oxygens (including phenoxy) is 1. The first-order valence-electron chi connectivity index (χ1n) is 14.1. The first-order valence-corrected chi connectivity index (χ1v) is 15.6. The summed E-state index contributed by atoms with van der Waals surface area (Å²) in [4.78, 5) is 21.9. The summed E-state index contributed by atoms with van der Waals surface area (Å²) in [5.41, 5.74) is 5.49. The number of hydrogen-bond acceptors (Lipinski definition) is 8. The summed E-state index contributed by atoms with van der Waals surface area (Å²) in [7, 11) is 1.80. The fraction of sp³-hybridized carbons (Fsp3) is 0.483. The van der Waals surface area contributed by atoms with Gasteiger partial charge in [0.05, 0.1) is 12.2 Å². The van der Waals surface area contributed by atoms with E-state index in [1.54, 1.807) is 17.1 Å². The highest BCUT2D eigenvalue weighted by molar-refractivity contribution is 7.90. The van der Waals surface area contributed by atoms with Crippen molar-refractivity contribution in [2.24, 2.45) is 0 Å². The van der Waals surface area contributed by atoms with Crippen LogP contribution in [0.2, 0.25) is 0 Å². The first kappa shape index (κ1) is 29.0. The van der Waals surface area contributed by atoms with E-state index < -0.39 is 16.1 Å². The van der Waals surface area contributed by atoms with Gasteiger partial charge < -0.3 is 19.9 Å². The molecule has 0 bridgehead atoms. The molecular formula is C29H39N7O4S. The van der Waals surface area contributed by atoms with Crippen LogP contribution in [0.25, 0.3) is 11.1 Å². The molecule has 12 heteroatoms. The van der Waals surface area contributed by atoms with Gasteiger partial charge in [-0.15, -0.1) is 0 Å². The largest absolute Gasteiger partial charge is 0.474 e. The lowest BCUT2D eigenvalue weighted by atomic mass is 9.93. The number of hydrogen-bond donors (Lipinski definition) is 2. The molecule has 1 saturated heterocycles. The van der Waals surface area contributed by atoms with Crippen LogP contribution < -0.4 is 14.8 Å². The van der Waals surface area contributed by atoms with Gasteiger partial charge in [0.1, 0.15) is 6.10 Å². The number of aromatic nitrogens is 3. The molecule has 2 amide bonds. The van der Waals surface area contributed by atoms with Gasteiger partial charge in [-0.25, -0.2) is 14.5 Å². The number of urea groups is 1. The van der Waals surface area contributed by atoms with E-state index in [0.29, 0.717) is 24.7 Å². The van der Waals surface area contributed by atoms with Crippen LogP contribution in [0.4, 0.5) is 10.5 Å². The van der Waals surface area contributed by atoms with Crippen LogP contribution in [0.3, 0.4) is 0 Å². The quantitative estimate of drug-likeness (QED) is 0.395. The number of likely N-dealkylation sites (tertiary alicyclic amines) is 1. The summed E-state index contributed by atoms with van der Waals surface area (Å²) in [6.07, 6.45) is 7.98. The molecule has 220 valence electrons. The van der Waals surface area contributed by atoms with Gasteiger partial charge in [0, 0.05) is 43.7 Å².